The third-order valence-corrected chi connectivity index (χ3v) is 5.88. The van der Waals surface area contributed by atoms with Gasteiger partial charge in [0.05, 0.1) is 42.3 Å². The Hall–Kier alpha value is -2.85. The Morgan fingerprint density at radius 1 is 1.18 bits per heavy atom. The van der Waals surface area contributed by atoms with Gasteiger partial charge < -0.3 is 24.4 Å². The zero-order valence-electron chi connectivity index (χ0n) is 19.6. The van der Waals surface area contributed by atoms with E-state index in [0.717, 1.165) is 30.3 Å². The number of ether oxygens (including phenoxy) is 2. The van der Waals surface area contributed by atoms with E-state index in [1.54, 1.807) is 11.0 Å². The molecule has 2 saturated heterocycles. The highest BCUT2D eigenvalue weighted by molar-refractivity contribution is 5.71. The van der Waals surface area contributed by atoms with Crippen molar-refractivity contribution in [2.45, 2.75) is 26.6 Å². The van der Waals surface area contributed by atoms with E-state index in [0.29, 0.717) is 32.1 Å². The van der Waals surface area contributed by atoms with Crippen molar-refractivity contribution < 1.29 is 32.5 Å². The lowest BCUT2D eigenvalue weighted by Gasteiger charge is -2.32. The number of carboxylic acid groups (broad SMARTS) is 1. The van der Waals surface area contributed by atoms with Gasteiger partial charge in [-0.15, -0.1) is 0 Å². The van der Waals surface area contributed by atoms with Crippen molar-refractivity contribution in [3.8, 4) is 5.75 Å². The van der Waals surface area contributed by atoms with Crippen LogP contribution in [0.2, 0.25) is 0 Å². The van der Waals surface area contributed by atoms with Gasteiger partial charge in [-0.25, -0.2) is 0 Å². The average Bonchev–Trinajstić information content (AvgIpc) is 2.78. The minimum absolute atomic E-state index is 0.0189. The first-order valence-corrected chi connectivity index (χ1v) is 11.0. The Morgan fingerprint density at radius 3 is 2.38 bits per heavy atom. The number of benzene rings is 1. The second-order valence-electron chi connectivity index (χ2n) is 8.58. The SMILES string of the molecule is CN1CC(C(=O)O)C1.Cc1ccc(OCc2cc(C(F)(F)F)c(N3CCOCC3)cn2)cc1C. The van der Waals surface area contributed by atoms with Crippen molar-refractivity contribution in [2.24, 2.45) is 5.92 Å². The lowest BCUT2D eigenvalue weighted by molar-refractivity contribution is -0.146. The van der Waals surface area contributed by atoms with Crippen LogP contribution in [0.15, 0.2) is 30.5 Å². The van der Waals surface area contributed by atoms with E-state index >= 15 is 0 Å². The smallest absolute Gasteiger partial charge is 0.418 e. The third kappa shape index (κ3) is 6.83. The van der Waals surface area contributed by atoms with Gasteiger partial charge in [0.25, 0.3) is 0 Å². The van der Waals surface area contributed by atoms with Crippen LogP contribution in [0, 0.1) is 19.8 Å². The second kappa shape index (κ2) is 11.1. The maximum Gasteiger partial charge on any atom is 0.418 e. The van der Waals surface area contributed by atoms with Gasteiger partial charge in [0, 0.05) is 26.2 Å². The Bertz CT molecular complexity index is 988. The molecule has 10 heteroatoms. The van der Waals surface area contributed by atoms with Gasteiger partial charge in [-0.2, -0.15) is 13.2 Å². The van der Waals surface area contributed by atoms with E-state index in [-0.39, 0.29) is 23.9 Å². The molecule has 2 aromatic rings. The van der Waals surface area contributed by atoms with Gasteiger partial charge in [-0.05, 0) is 50.2 Å². The van der Waals surface area contributed by atoms with Crippen LogP contribution in [0.4, 0.5) is 18.9 Å². The van der Waals surface area contributed by atoms with Crippen molar-refractivity contribution in [1.82, 2.24) is 9.88 Å². The molecule has 0 bridgehead atoms. The monoisotopic (exact) mass is 481 g/mol. The normalized spacial score (nSPS) is 16.9. The highest BCUT2D eigenvalue weighted by atomic mass is 19.4. The van der Waals surface area contributed by atoms with E-state index in [2.05, 4.69) is 4.98 Å². The number of likely N-dealkylation sites (tertiary alicyclic amines) is 1. The summed E-state index contributed by atoms with van der Waals surface area (Å²) in [6, 6.07) is 6.66. The summed E-state index contributed by atoms with van der Waals surface area (Å²) in [6.07, 6.45) is -3.17. The van der Waals surface area contributed by atoms with E-state index < -0.39 is 17.7 Å². The summed E-state index contributed by atoms with van der Waals surface area (Å²) in [7, 11) is 1.92. The van der Waals surface area contributed by atoms with Gasteiger partial charge >= 0.3 is 12.1 Å². The molecular formula is C24H30F3N3O4. The van der Waals surface area contributed by atoms with Crippen molar-refractivity contribution in [2.75, 3.05) is 51.3 Å². The van der Waals surface area contributed by atoms with E-state index in [9.17, 15) is 18.0 Å². The minimum Gasteiger partial charge on any atom is -0.487 e. The molecule has 3 heterocycles. The molecule has 2 fully saturated rings. The predicted octanol–water partition coefficient (Wildman–Crippen LogP) is 3.77. The van der Waals surface area contributed by atoms with Crippen molar-refractivity contribution >= 4 is 11.7 Å². The number of carbonyl (C=O) groups is 1. The topological polar surface area (TPSA) is 75.1 Å². The van der Waals surface area contributed by atoms with E-state index in [1.807, 2.05) is 37.9 Å². The fourth-order valence-corrected chi connectivity index (χ4v) is 3.67. The molecule has 0 aliphatic carbocycles. The van der Waals surface area contributed by atoms with Crippen LogP contribution in [-0.4, -0.2) is 67.4 Å². The quantitative estimate of drug-likeness (QED) is 0.697. The van der Waals surface area contributed by atoms with Crippen molar-refractivity contribution in [3.05, 3.63) is 52.8 Å². The van der Waals surface area contributed by atoms with Gasteiger partial charge in [-0.1, -0.05) is 6.07 Å². The molecule has 2 aliphatic heterocycles. The Labute approximate surface area is 197 Å². The molecule has 1 aromatic carbocycles. The standard InChI is InChI=1S/C19H21F3N2O2.C5H9NO2/c1-13-3-4-16(9-14(13)2)26-12-15-10-17(19(20,21)22)18(11-23-15)24-5-7-25-8-6-24;1-6-2-4(3-6)5(7)8/h3-4,9-11H,5-8,12H2,1-2H3;4H,2-3H2,1H3,(H,7,8). The summed E-state index contributed by atoms with van der Waals surface area (Å²) < 4.78 is 51.4. The fraction of sp³-hybridized carbons (Fsp3) is 0.500. The molecule has 1 N–H and O–H groups in total. The summed E-state index contributed by atoms with van der Waals surface area (Å²) in [4.78, 5) is 17.9. The fourth-order valence-electron chi connectivity index (χ4n) is 3.67. The number of aryl methyl sites for hydroxylation is 2. The first-order chi connectivity index (χ1) is 16.0. The van der Waals surface area contributed by atoms with Crippen LogP contribution >= 0.6 is 0 Å². The zero-order chi connectivity index (χ0) is 24.9. The van der Waals surface area contributed by atoms with Crippen LogP contribution < -0.4 is 9.64 Å². The number of nitrogens with zero attached hydrogens (tertiary/aromatic N) is 3. The van der Waals surface area contributed by atoms with Crippen LogP contribution in [-0.2, 0) is 22.3 Å². The van der Waals surface area contributed by atoms with Gasteiger partial charge in [0.2, 0.25) is 0 Å². The molecule has 2 aliphatic rings. The van der Waals surface area contributed by atoms with Gasteiger partial charge in [0.1, 0.15) is 12.4 Å². The first kappa shape index (κ1) is 25.8. The molecule has 1 aromatic heterocycles. The number of aromatic nitrogens is 1. The summed E-state index contributed by atoms with van der Waals surface area (Å²) in [5.41, 5.74) is 1.84. The Kier molecular flexibility index (Phi) is 8.37. The minimum atomic E-state index is -4.45. The number of alkyl halides is 3. The van der Waals surface area contributed by atoms with Gasteiger partial charge in [-0.3, -0.25) is 9.78 Å². The number of aliphatic carboxylic acids is 1. The van der Waals surface area contributed by atoms with Crippen LogP contribution in [0.3, 0.4) is 0 Å². The highest BCUT2D eigenvalue weighted by Crippen LogP contribution is 2.37. The number of halogens is 3. The number of hydrogen-bond acceptors (Lipinski definition) is 6. The number of anilines is 1. The number of pyridine rings is 1. The van der Waals surface area contributed by atoms with Crippen LogP contribution in [0.5, 0.6) is 5.75 Å². The molecule has 0 unspecified atom stereocenters. The lowest BCUT2D eigenvalue weighted by atomic mass is 10.0. The third-order valence-electron chi connectivity index (χ3n) is 5.88. The van der Waals surface area contributed by atoms with E-state index in [1.165, 1.54) is 6.20 Å². The number of rotatable bonds is 5. The average molecular weight is 482 g/mol. The molecule has 186 valence electrons. The molecular weight excluding hydrogens is 451 g/mol. The molecule has 0 spiro atoms. The van der Waals surface area contributed by atoms with Gasteiger partial charge in [0.15, 0.2) is 0 Å². The summed E-state index contributed by atoms with van der Waals surface area (Å²) in [5.74, 6) is -0.149. The van der Waals surface area contributed by atoms with Crippen LogP contribution in [0.1, 0.15) is 22.4 Å². The largest absolute Gasteiger partial charge is 0.487 e. The zero-order valence-corrected chi connectivity index (χ0v) is 19.6. The lowest BCUT2D eigenvalue weighted by Crippen LogP contribution is -2.47. The maximum absolute atomic E-state index is 13.5. The number of hydrogen-bond donors (Lipinski definition) is 1. The van der Waals surface area contributed by atoms with Crippen molar-refractivity contribution in [1.29, 1.82) is 0 Å². The Morgan fingerprint density at radius 2 is 1.85 bits per heavy atom. The number of carboxylic acids is 1. The summed E-state index contributed by atoms with van der Waals surface area (Å²) in [6.45, 7) is 7.02. The molecule has 0 saturated carbocycles. The second-order valence-corrected chi connectivity index (χ2v) is 8.58. The molecule has 0 radical (unpaired) electrons. The highest BCUT2D eigenvalue weighted by Gasteiger charge is 2.36. The van der Waals surface area contributed by atoms with E-state index in [4.69, 9.17) is 14.6 Å². The molecule has 0 atom stereocenters. The Balaban J connectivity index is 0.000000343. The first-order valence-electron chi connectivity index (χ1n) is 11.0. The molecule has 4 rings (SSSR count). The maximum atomic E-state index is 13.5. The van der Waals surface area contributed by atoms with Crippen molar-refractivity contribution in [3.63, 3.8) is 0 Å². The summed E-state index contributed by atoms with van der Waals surface area (Å²) >= 11 is 0. The molecule has 0 amide bonds. The van der Waals surface area contributed by atoms with Crippen LogP contribution in [0.25, 0.3) is 0 Å². The summed E-state index contributed by atoms with van der Waals surface area (Å²) in [5, 5.41) is 8.32. The molecule has 7 nitrogen and oxygen atoms in total. The molecule has 34 heavy (non-hydrogen) atoms. The number of morpholine rings is 1. The predicted molar refractivity (Wildman–Crippen MR) is 121 cm³/mol.